The Balaban J connectivity index is 0.883. The summed E-state index contributed by atoms with van der Waals surface area (Å²) in [5.74, 6) is -1.37. The van der Waals surface area contributed by atoms with Gasteiger partial charge in [0.15, 0.2) is 0 Å². The number of rotatable bonds is 19. The maximum absolute atomic E-state index is 12.8. The molecule has 0 fully saturated rings. The molecular weight excluding hydrogens is 825 g/mol. The van der Waals surface area contributed by atoms with Crippen LogP contribution in [0.2, 0.25) is 0 Å². The average molecular weight is 863 g/mol. The van der Waals surface area contributed by atoms with Gasteiger partial charge in [-0.3, -0.25) is 0 Å². The van der Waals surface area contributed by atoms with E-state index in [9.17, 15) is 28.8 Å². The van der Waals surface area contributed by atoms with Crippen LogP contribution in [-0.4, -0.2) is 62.2 Å². The van der Waals surface area contributed by atoms with Crippen molar-refractivity contribution in [1.82, 2.24) is 0 Å². The Morgan fingerprint density at radius 1 is 0.328 bits per heavy atom. The van der Waals surface area contributed by atoms with Crippen molar-refractivity contribution in [1.29, 1.82) is 0 Å². The van der Waals surface area contributed by atoms with Crippen LogP contribution in [0.3, 0.4) is 0 Å². The second-order valence-corrected chi connectivity index (χ2v) is 13.1. The van der Waals surface area contributed by atoms with E-state index in [0.29, 0.717) is 34.1 Å². The van der Waals surface area contributed by atoms with Crippen LogP contribution in [0.5, 0.6) is 34.5 Å². The Kier molecular flexibility index (Phi) is 15.5. The topological polar surface area (TPSA) is 176 Å². The van der Waals surface area contributed by atoms with Crippen molar-refractivity contribution in [2.24, 2.45) is 0 Å². The van der Waals surface area contributed by atoms with Gasteiger partial charge in [-0.15, -0.1) is 0 Å². The van der Waals surface area contributed by atoms with Crippen LogP contribution in [0.25, 0.3) is 11.1 Å². The summed E-state index contributed by atoms with van der Waals surface area (Å²) >= 11 is 0. The predicted molar refractivity (Wildman–Crippen MR) is 231 cm³/mol. The summed E-state index contributed by atoms with van der Waals surface area (Å²) in [6, 6.07) is 38.2. The number of hydrogen-bond acceptors (Lipinski definition) is 14. The van der Waals surface area contributed by atoms with Crippen molar-refractivity contribution >= 4 is 35.8 Å². The minimum atomic E-state index is -0.610. The molecule has 0 spiro atoms. The van der Waals surface area contributed by atoms with Crippen LogP contribution in [0.1, 0.15) is 41.4 Å². The predicted octanol–water partition coefficient (Wildman–Crippen LogP) is 8.45. The molecule has 0 aromatic heterocycles. The van der Waals surface area contributed by atoms with Gasteiger partial charge in [0.2, 0.25) is 0 Å². The highest BCUT2D eigenvalue weighted by Crippen LogP contribution is 2.26. The number of ether oxygens (including phenoxy) is 8. The molecule has 0 bridgehead atoms. The summed E-state index contributed by atoms with van der Waals surface area (Å²) in [5.41, 5.74) is 2.82. The highest BCUT2D eigenvalue weighted by atomic mass is 16.6. The second-order valence-electron chi connectivity index (χ2n) is 13.1. The zero-order chi connectivity index (χ0) is 45.3. The van der Waals surface area contributed by atoms with Crippen molar-refractivity contribution in [2.75, 3.05) is 26.4 Å². The first kappa shape index (κ1) is 44.8. The van der Waals surface area contributed by atoms with E-state index in [1.807, 2.05) is 0 Å². The van der Waals surface area contributed by atoms with Crippen LogP contribution >= 0.6 is 0 Å². The van der Waals surface area contributed by atoms with Crippen LogP contribution in [-0.2, 0) is 19.1 Å². The number of carbonyl (C=O) groups excluding carboxylic acids is 6. The fraction of sp³-hybridized carbons (Fsp3) is 0.0800. The molecule has 322 valence electrons. The summed E-state index contributed by atoms with van der Waals surface area (Å²) in [6.07, 6.45) is 2.07. The molecule has 0 saturated carbocycles. The average Bonchev–Trinajstić information content (AvgIpc) is 3.32. The first-order valence-electron chi connectivity index (χ1n) is 19.4. The number of carbonyl (C=O) groups is 6. The van der Waals surface area contributed by atoms with Crippen molar-refractivity contribution in [3.63, 3.8) is 0 Å². The lowest BCUT2D eigenvalue weighted by Crippen LogP contribution is -2.13. The highest BCUT2D eigenvalue weighted by Gasteiger charge is 2.14. The molecule has 14 nitrogen and oxygen atoms in total. The third-order valence-corrected chi connectivity index (χ3v) is 8.76. The molecule has 0 heterocycles. The van der Waals surface area contributed by atoms with Gasteiger partial charge in [-0.25, -0.2) is 28.8 Å². The van der Waals surface area contributed by atoms with Crippen LogP contribution in [0.15, 0.2) is 171 Å². The van der Waals surface area contributed by atoms with E-state index in [1.54, 1.807) is 97.1 Å². The maximum atomic E-state index is 12.8. The van der Waals surface area contributed by atoms with Gasteiger partial charge in [0.1, 0.15) is 60.9 Å². The summed E-state index contributed by atoms with van der Waals surface area (Å²) in [4.78, 5) is 72.8. The van der Waals surface area contributed by atoms with E-state index < -0.39 is 35.8 Å². The molecule has 0 radical (unpaired) electrons. The van der Waals surface area contributed by atoms with E-state index in [-0.39, 0.29) is 49.1 Å². The van der Waals surface area contributed by atoms with E-state index in [1.165, 1.54) is 48.5 Å². The zero-order valence-electron chi connectivity index (χ0n) is 34.0. The molecule has 0 atom stereocenters. The molecular formula is C50H38O14. The van der Waals surface area contributed by atoms with Crippen LogP contribution in [0, 0.1) is 0 Å². The van der Waals surface area contributed by atoms with Gasteiger partial charge in [-0.05, 0) is 132 Å². The van der Waals surface area contributed by atoms with Gasteiger partial charge in [-0.2, -0.15) is 0 Å². The first-order chi connectivity index (χ1) is 31.1. The second kappa shape index (κ2) is 22.2. The lowest BCUT2D eigenvalue weighted by Gasteiger charge is -2.10. The Morgan fingerprint density at radius 3 is 0.906 bits per heavy atom. The van der Waals surface area contributed by atoms with Gasteiger partial charge >= 0.3 is 35.8 Å². The molecule has 0 unspecified atom stereocenters. The molecule has 0 N–H and O–H groups in total. The zero-order valence-corrected chi connectivity index (χ0v) is 34.0. The maximum Gasteiger partial charge on any atom is 0.343 e. The molecule has 0 aliphatic heterocycles. The highest BCUT2D eigenvalue weighted by molar-refractivity contribution is 5.92. The van der Waals surface area contributed by atoms with Gasteiger partial charge in [0.05, 0.1) is 22.3 Å². The Labute approximate surface area is 366 Å². The lowest BCUT2D eigenvalue weighted by atomic mass is 10.1. The third kappa shape index (κ3) is 13.1. The molecule has 6 rings (SSSR count). The Bertz CT molecular complexity index is 2410. The summed E-state index contributed by atoms with van der Waals surface area (Å²) in [5, 5.41) is 0. The fourth-order valence-corrected chi connectivity index (χ4v) is 5.53. The Hall–Kier alpha value is -8.78. The minimum Gasteiger partial charge on any atom is -0.490 e. The molecule has 14 heteroatoms. The third-order valence-electron chi connectivity index (χ3n) is 8.76. The van der Waals surface area contributed by atoms with Gasteiger partial charge in [0, 0.05) is 12.2 Å². The van der Waals surface area contributed by atoms with Crippen molar-refractivity contribution in [3.05, 3.63) is 193 Å². The number of esters is 6. The van der Waals surface area contributed by atoms with Gasteiger partial charge in [-0.1, -0.05) is 37.4 Å². The largest absolute Gasteiger partial charge is 0.490 e. The molecule has 0 aliphatic rings. The lowest BCUT2D eigenvalue weighted by molar-refractivity contribution is -0.129. The summed E-state index contributed by atoms with van der Waals surface area (Å²) in [6.45, 7) is 6.75. The van der Waals surface area contributed by atoms with Crippen molar-refractivity contribution in [3.8, 4) is 45.6 Å². The molecule has 0 aliphatic carbocycles. The fourth-order valence-electron chi connectivity index (χ4n) is 5.53. The molecule has 64 heavy (non-hydrogen) atoms. The SMILES string of the molecule is C=CC(=O)Oc1ccc(C(=O)OCCOc2ccc(C(=O)Oc3ccc(-c4ccc(OC(=O)c5ccc(OCCOC(=O)c6ccc(OC(=O)C=C)cc6)cc5)cc4)cc3)cc2)cc1. The Morgan fingerprint density at radius 2 is 0.594 bits per heavy atom. The normalized spacial score (nSPS) is 10.3. The molecule has 6 aromatic carbocycles. The van der Waals surface area contributed by atoms with Crippen molar-refractivity contribution < 1.29 is 66.7 Å². The molecule has 0 saturated heterocycles. The quantitative estimate of drug-likeness (QED) is 0.0328. The first-order valence-corrected chi connectivity index (χ1v) is 19.4. The van der Waals surface area contributed by atoms with E-state index in [4.69, 9.17) is 37.9 Å². The summed E-state index contributed by atoms with van der Waals surface area (Å²) < 4.78 is 42.7. The number of benzene rings is 6. The minimum absolute atomic E-state index is 0.0252. The number of hydrogen-bond donors (Lipinski definition) is 0. The van der Waals surface area contributed by atoms with E-state index >= 15 is 0 Å². The van der Waals surface area contributed by atoms with Crippen LogP contribution in [0.4, 0.5) is 0 Å². The molecule has 6 aromatic rings. The van der Waals surface area contributed by atoms with Gasteiger partial charge in [0.25, 0.3) is 0 Å². The van der Waals surface area contributed by atoms with E-state index in [2.05, 4.69) is 13.2 Å². The van der Waals surface area contributed by atoms with E-state index in [0.717, 1.165) is 23.3 Å². The monoisotopic (exact) mass is 862 g/mol. The standard InChI is InChI=1S/C50H38O14/c1-3-45(51)61-41-25-13-35(14-26-41)47(53)59-31-29-57-39-17-9-37(10-18-39)49(55)63-43-21-5-33(6-22-43)34-7-23-44(24-8-34)64-50(56)38-11-19-40(20-12-38)58-30-32-60-48(54)36-15-27-42(28-16-36)62-46(52)4-2/h3-28H,1-2,29-32H2. The smallest absolute Gasteiger partial charge is 0.343 e. The van der Waals surface area contributed by atoms with Gasteiger partial charge < -0.3 is 37.9 Å². The molecule has 0 amide bonds. The van der Waals surface area contributed by atoms with Crippen LogP contribution < -0.4 is 28.4 Å². The van der Waals surface area contributed by atoms with Crippen molar-refractivity contribution in [2.45, 2.75) is 0 Å². The summed E-state index contributed by atoms with van der Waals surface area (Å²) in [7, 11) is 0.